The molecule has 0 radical (unpaired) electrons. The number of anilines is 1. The Balaban J connectivity index is 2.43. The van der Waals surface area contributed by atoms with E-state index in [0.717, 1.165) is 5.56 Å². The molecule has 2 heterocycles. The summed E-state index contributed by atoms with van der Waals surface area (Å²) in [7, 11) is 0. The van der Waals surface area contributed by atoms with Crippen LogP contribution in [-0.4, -0.2) is 15.1 Å². The molecule has 88 valence electrons. The van der Waals surface area contributed by atoms with Gasteiger partial charge in [0.15, 0.2) is 0 Å². The zero-order chi connectivity index (χ0) is 12.4. The zero-order valence-corrected chi connectivity index (χ0v) is 10.0. The van der Waals surface area contributed by atoms with Gasteiger partial charge in [-0.25, -0.2) is 9.97 Å². The largest absolute Gasteiger partial charge is 0.383 e. The molecule has 3 N–H and O–H groups in total. The standard InChI is InChI=1S/C12H12ClN3O/c1-7-4-5-15-12(14)10(7)11(17)8-2-3-9(13)16-6-8/h2-6,11,17H,1H3,(H2,14,15). The third-order valence-corrected chi connectivity index (χ3v) is 2.80. The van der Waals surface area contributed by atoms with Crippen LogP contribution in [0.2, 0.25) is 5.15 Å². The lowest BCUT2D eigenvalue weighted by Crippen LogP contribution is -2.07. The summed E-state index contributed by atoms with van der Waals surface area (Å²) in [6, 6.07) is 5.14. The number of pyridine rings is 2. The Labute approximate surface area is 104 Å². The smallest absolute Gasteiger partial charge is 0.129 e. The minimum absolute atomic E-state index is 0.326. The maximum absolute atomic E-state index is 10.2. The van der Waals surface area contributed by atoms with Gasteiger partial charge in [-0.2, -0.15) is 0 Å². The summed E-state index contributed by atoms with van der Waals surface area (Å²) >= 11 is 5.70. The maximum Gasteiger partial charge on any atom is 0.129 e. The first kappa shape index (κ1) is 11.8. The normalized spacial score (nSPS) is 12.4. The van der Waals surface area contributed by atoms with Gasteiger partial charge in [0.1, 0.15) is 17.1 Å². The van der Waals surface area contributed by atoms with Crippen molar-refractivity contribution in [2.45, 2.75) is 13.0 Å². The van der Waals surface area contributed by atoms with Crippen LogP contribution >= 0.6 is 11.6 Å². The highest BCUT2D eigenvalue weighted by Crippen LogP contribution is 2.28. The van der Waals surface area contributed by atoms with Crippen molar-refractivity contribution in [3.63, 3.8) is 0 Å². The number of aromatic nitrogens is 2. The molecule has 0 spiro atoms. The summed E-state index contributed by atoms with van der Waals surface area (Å²) in [5.74, 6) is 0.326. The lowest BCUT2D eigenvalue weighted by Gasteiger charge is -2.15. The summed E-state index contributed by atoms with van der Waals surface area (Å²) < 4.78 is 0. The summed E-state index contributed by atoms with van der Waals surface area (Å²) in [6.07, 6.45) is 2.30. The Hall–Kier alpha value is -1.65. The highest BCUT2D eigenvalue weighted by molar-refractivity contribution is 6.29. The highest BCUT2D eigenvalue weighted by Gasteiger charge is 2.16. The van der Waals surface area contributed by atoms with E-state index in [9.17, 15) is 5.11 Å². The molecular formula is C12H12ClN3O. The van der Waals surface area contributed by atoms with E-state index < -0.39 is 6.10 Å². The molecule has 0 bridgehead atoms. The number of hydrogen-bond donors (Lipinski definition) is 2. The number of aryl methyl sites for hydroxylation is 1. The fraction of sp³-hybridized carbons (Fsp3) is 0.167. The van der Waals surface area contributed by atoms with Gasteiger partial charge in [-0.15, -0.1) is 0 Å². The topological polar surface area (TPSA) is 72.0 Å². The van der Waals surface area contributed by atoms with Gasteiger partial charge in [-0.3, -0.25) is 0 Å². The quantitative estimate of drug-likeness (QED) is 0.800. The molecule has 0 saturated heterocycles. The van der Waals surface area contributed by atoms with Crippen molar-refractivity contribution < 1.29 is 5.11 Å². The van der Waals surface area contributed by atoms with Crippen molar-refractivity contribution in [3.05, 3.63) is 52.4 Å². The predicted molar refractivity (Wildman–Crippen MR) is 66.7 cm³/mol. The van der Waals surface area contributed by atoms with Gasteiger partial charge in [0.05, 0.1) is 0 Å². The molecule has 2 aromatic rings. The molecule has 1 unspecified atom stereocenters. The molecule has 2 rings (SSSR count). The average molecular weight is 250 g/mol. The number of nitrogens with zero attached hydrogens (tertiary/aromatic N) is 2. The molecule has 0 amide bonds. The lowest BCUT2D eigenvalue weighted by atomic mass is 10.00. The SMILES string of the molecule is Cc1ccnc(N)c1C(O)c1ccc(Cl)nc1. The number of aliphatic hydroxyl groups is 1. The summed E-state index contributed by atoms with van der Waals surface area (Å²) in [4.78, 5) is 7.90. The van der Waals surface area contributed by atoms with E-state index in [0.29, 0.717) is 22.1 Å². The molecular weight excluding hydrogens is 238 g/mol. The molecule has 0 aliphatic carbocycles. The molecule has 1 atom stereocenters. The predicted octanol–water partition coefficient (Wildman–Crippen LogP) is 2.10. The van der Waals surface area contributed by atoms with Gasteiger partial charge in [0.2, 0.25) is 0 Å². The van der Waals surface area contributed by atoms with Crippen LogP contribution in [0.1, 0.15) is 22.8 Å². The zero-order valence-electron chi connectivity index (χ0n) is 9.26. The Kier molecular flexibility index (Phi) is 3.26. The summed E-state index contributed by atoms with van der Waals surface area (Å²) in [6.45, 7) is 1.87. The minimum Gasteiger partial charge on any atom is -0.383 e. The first-order chi connectivity index (χ1) is 8.09. The summed E-state index contributed by atoms with van der Waals surface area (Å²) in [5, 5.41) is 10.6. The molecule has 4 nitrogen and oxygen atoms in total. The van der Waals surface area contributed by atoms with Crippen molar-refractivity contribution in [2.75, 3.05) is 5.73 Å². The number of aliphatic hydroxyl groups excluding tert-OH is 1. The minimum atomic E-state index is -0.839. The second kappa shape index (κ2) is 4.69. The van der Waals surface area contributed by atoms with Crippen LogP contribution in [0.4, 0.5) is 5.82 Å². The molecule has 0 fully saturated rings. The molecule has 0 saturated carbocycles. The first-order valence-electron chi connectivity index (χ1n) is 5.10. The van der Waals surface area contributed by atoms with Crippen LogP contribution in [0.5, 0.6) is 0 Å². The second-order valence-electron chi connectivity index (χ2n) is 3.74. The first-order valence-corrected chi connectivity index (χ1v) is 5.48. The molecule has 0 aliphatic heterocycles. The fourth-order valence-electron chi connectivity index (χ4n) is 1.66. The molecule has 17 heavy (non-hydrogen) atoms. The number of hydrogen-bond acceptors (Lipinski definition) is 4. The van der Waals surface area contributed by atoms with Crippen molar-refractivity contribution in [2.24, 2.45) is 0 Å². The van der Waals surface area contributed by atoms with Crippen LogP contribution in [0.3, 0.4) is 0 Å². The van der Waals surface area contributed by atoms with Gasteiger partial charge >= 0.3 is 0 Å². The van der Waals surface area contributed by atoms with Crippen molar-refractivity contribution in [1.82, 2.24) is 9.97 Å². The monoisotopic (exact) mass is 249 g/mol. The maximum atomic E-state index is 10.2. The Bertz CT molecular complexity index is 508. The third kappa shape index (κ3) is 2.38. The second-order valence-corrected chi connectivity index (χ2v) is 4.13. The molecule has 5 heteroatoms. The van der Waals surface area contributed by atoms with E-state index >= 15 is 0 Å². The van der Waals surface area contributed by atoms with E-state index in [2.05, 4.69) is 9.97 Å². The van der Waals surface area contributed by atoms with Crippen molar-refractivity contribution >= 4 is 17.4 Å². The van der Waals surface area contributed by atoms with Crippen molar-refractivity contribution in [3.8, 4) is 0 Å². The number of halogens is 1. The Morgan fingerprint density at radius 1 is 1.29 bits per heavy atom. The van der Waals surface area contributed by atoms with Gasteiger partial charge in [-0.1, -0.05) is 17.7 Å². The molecule has 2 aromatic heterocycles. The van der Waals surface area contributed by atoms with Gasteiger partial charge in [0.25, 0.3) is 0 Å². The average Bonchev–Trinajstić information content (AvgIpc) is 2.29. The number of nitrogens with two attached hydrogens (primary N) is 1. The lowest BCUT2D eigenvalue weighted by molar-refractivity contribution is 0.219. The van der Waals surface area contributed by atoms with E-state index in [4.69, 9.17) is 17.3 Å². The highest BCUT2D eigenvalue weighted by atomic mass is 35.5. The number of rotatable bonds is 2. The van der Waals surface area contributed by atoms with Crippen LogP contribution in [-0.2, 0) is 0 Å². The van der Waals surface area contributed by atoms with E-state index in [1.807, 2.05) is 6.92 Å². The van der Waals surface area contributed by atoms with E-state index in [1.165, 1.54) is 6.20 Å². The molecule has 0 aromatic carbocycles. The Morgan fingerprint density at radius 3 is 2.65 bits per heavy atom. The third-order valence-electron chi connectivity index (χ3n) is 2.58. The van der Waals surface area contributed by atoms with Gasteiger partial charge in [-0.05, 0) is 24.6 Å². The van der Waals surface area contributed by atoms with Gasteiger partial charge < -0.3 is 10.8 Å². The fourth-order valence-corrected chi connectivity index (χ4v) is 1.77. The van der Waals surface area contributed by atoms with E-state index in [1.54, 1.807) is 24.4 Å². The van der Waals surface area contributed by atoms with E-state index in [-0.39, 0.29) is 0 Å². The summed E-state index contributed by atoms with van der Waals surface area (Å²) in [5.41, 5.74) is 7.91. The van der Waals surface area contributed by atoms with Crippen LogP contribution in [0.25, 0.3) is 0 Å². The van der Waals surface area contributed by atoms with Crippen LogP contribution in [0, 0.1) is 6.92 Å². The number of nitrogen functional groups attached to an aromatic ring is 1. The molecule has 0 aliphatic rings. The van der Waals surface area contributed by atoms with Crippen LogP contribution < -0.4 is 5.73 Å². The van der Waals surface area contributed by atoms with Gasteiger partial charge in [0, 0.05) is 23.5 Å². The van der Waals surface area contributed by atoms with Crippen LogP contribution in [0.15, 0.2) is 30.6 Å². The van der Waals surface area contributed by atoms with Crippen molar-refractivity contribution in [1.29, 1.82) is 0 Å². The Morgan fingerprint density at radius 2 is 2.06 bits per heavy atom.